The fourth-order valence-corrected chi connectivity index (χ4v) is 1.99. The molecule has 114 valence electrons. The third-order valence-electron chi connectivity index (χ3n) is 3.06. The van der Waals surface area contributed by atoms with E-state index in [1.807, 2.05) is 43.3 Å². The van der Waals surface area contributed by atoms with Crippen molar-refractivity contribution in [1.29, 1.82) is 0 Å². The van der Waals surface area contributed by atoms with Gasteiger partial charge in [-0.05, 0) is 6.92 Å². The highest BCUT2D eigenvalue weighted by molar-refractivity contribution is 6.00. The van der Waals surface area contributed by atoms with Gasteiger partial charge in [0.2, 0.25) is 0 Å². The molecule has 0 aliphatic rings. The van der Waals surface area contributed by atoms with Crippen LogP contribution in [0.1, 0.15) is 22.7 Å². The maximum atomic E-state index is 6.05. The van der Waals surface area contributed by atoms with E-state index in [1.165, 1.54) is 0 Å². The summed E-state index contributed by atoms with van der Waals surface area (Å²) in [6, 6.07) is 11.5. The van der Waals surface area contributed by atoms with E-state index < -0.39 is 0 Å². The van der Waals surface area contributed by atoms with Gasteiger partial charge in [-0.3, -0.25) is 4.98 Å². The van der Waals surface area contributed by atoms with Gasteiger partial charge in [0.05, 0.1) is 17.6 Å². The number of aliphatic imine (C=N–C) groups is 1. The van der Waals surface area contributed by atoms with Crippen LogP contribution >= 0.6 is 0 Å². The zero-order chi connectivity index (χ0) is 16.1. The lowest BCUT2D eigenvalue weighted by molar-refractivity contribution is 0.408. The van der Waals surface area contributed by atoms with Crippen molar-refractivity contribution in [2.45, 2.75) is 6.92 Å². The zero-order valence-electron chi connectivity index (χ0n) is 12.5. The third-order valence-corrected chi connectivity index (χ3v) is 3.06. The molecular weight excluding hydrogens is 290 g/mol. The summed E-state index contributed by atoms with van der Waals surface area (Å²) in [5.74, 6) is 0.890. The number of rotatable bonds is 4. The summed E-state index contributed by atoms with van der Waals surface area (Å²) in [5.41, 5.74) is 8.94. The molecule has 0 radical (unpaired) electrons. The van der Waals surface area contributed by atoms with E-state index in [9.17, 15) is 0 Å². The van der Waals surface area contributed by atoms with E-state index in [4.69, 9.17) is 10.3 Å². The zero-order valence-corrected chi connectivity index (χ0v) is 12.5. The van der Waals surface area contributed by atoms with Crippen molar-refractivity contribution in [2.75, 3.05) is 0 Å². The monoisotopic (exact) mass is 305 g/mol. The average molecular weight is 305 g/mol. The van der Waals surface area contributed by atoms with Gasteiger partial charge in [-0.1, -0.05) is 35.5 Å². The minimum absolute atomic E-state index is 0.282. The molecule has 2 N–H and O–H groups in total. The van der Waals surface area contributed by atoms with Crippen molar-refractivity contribution in [2.24, 2.45) is 10.7 Å². The molecular formula is C17H15N5O. The topological polar surface area (TPSA) is 90.2 Å². The van der Waals surface area contributed by atoms with Crippen molar-refractivity contribution in [3.63, 3.8) is 0 Å². The van der Waals surface area contributed by atoms with Gasteiger partial charge in [0.25, 0.3) is 0 Å². The molecule has 0 saturated carbocycles. The maximum absolute atomic E-state index is 6.05. The highest BCUT2D eigenvalue weighted by Gasteiger charge is 2.06. The van der Waals surface area contributed by atoms with Gasteiger partial charge in [-0.15, -0.1) is 0 Å². The van der Waals surface area contributed by atoms with E-state index in [0.29, 0.717) is 17.2 Å². The number of hydrogen-bond donors (Lipinski definition) is 1. The summed E-state index contributed by atoms with van der Waals surface area (Å²) in [5, 5.41) is 3.88. The molecule has 0 unspecified atom stereocenters. The Balaban J connectivity index is 2.04. The summed E-state index contributed by atoms with van der Waals surface area (Å²) >= 11 is 0. The summed E-state index contributed by atoms with van der Waals surface area (Å²) < 4.78 is 5.24. The molecule has 0 aliphatic heterocycles. The molecule has 3 aromatic rings. The summed E-state index contributed by atoms with van der Waals surface area (Å²) in [6.45, 7) is 1.86. The third kappa shape index (κ3) is 3.68. The van der Waals surface area contributed by atoms with Gasteiger partial charge in [0.1, 0.15) is 5.69 Å². The second-order valence-electron chi connectivity index (χ2n) is 4.85. The molecule has 1 aromatic carbocycles. The highest BCUT2D eigenvalue weighted by atomic mass is 16.5. The van der Waals surface area contributed by atoms with Crippen LogP contribution in [0.15, 0.2) is 64.5 Å². The molecule has 2 heterocycles. The van der Waals surface area contributed by atoms with Crippen molar-refractivity contribution >= 4 is 17.6 Å². The Morgan fingerprint density at radius 1 is 1.22 bits per heavy atom. The van der Waals surface area contributed by atoms with Crippen LogP contribution < -0.4 is 5.73 Å². The normalized spacial score (nSPS) is 12.4. The molecule has 0 atom stereocenters. The fourth-order valence-electron chi connectivity index (χ4n) is 1.99. The summed E-state index contributed by atoms with van der Waals surface area (Å²) in [6.07, 6.45) is 6.52. The minimum Gasteiger partial charge on any atom is -0.382 e. The second kappa shape index (κ2) is 6.65. The van der Waals surface area contributed by atoms with Gasteiger partial charge >= 0.3 is 0 Å². The largest absolute Gasteiger partial charge is 0.382 e. The Morgan fingerprint density at radius 2 is 2.04 bits per heavy atom. The van der Waals surface area contributed by atoms with Crippen molar-refractivity contribution < 1.29 is 4.52 Å². The fraction of sp³-hybridized carbons (Fsp3) is 0.0588. The first-order valence-electron chi connectivity index (χ1n) is 7.03. The van der Waals surface area contributed by atoms with Gasteiger partial charge in [0, 0.05) is 30.1 Å². The van der Waals surface area contributed by atoms with Crippen LogP contribution in [0.2, 0.25) is 0 Å². The molecule has 6 heteroatoms. The predicted octanol–water partition coefficient (Wildman–Crippen LogP) is 2.68. The SMILES string of the molecule is Cc1cc(/C=C(/N=C(N)c2cnccn2)c2ccccc2)on1. The Morgan fingerprint density at radius 3 is 2.70 bits per heavy atom. The molecule has 0 saturated heterocycles. The molecule has 0 bridgehead atoms. The lowest BCUT2D eigenvalue weighted by atomic mass is 10.1. The molecule has 6 nitrogen and oxygen atoms in total. The van der Waals surface area contributed by atoms with Gasteiger partial charge in [0.15, 0.2) is 11.6 Å². The molecule has 0 spiro atoms. The van der Waals surface area contributed by atoms with Gasteiger partial charge in [-0.25, -0.2) is 9.98 Å². The minimum atomic E-state index is 0.282. The predicted molar refractivity (Wildman–Crippen MR) is 88.3 cm³/mol. The Hall–Kier alpha value is -3.28. The van der Waals surface area contributed by atoms with E-state index in [2.05, 4.69) is 20.1 Å². The quantitative estimate of drug-likeness (QED) is 0.591. The van der Waals surface area contributed by atoms with Gasteiger partial charge < -0.3 is 10.3 Å². The van der Waals surface area contributed by atoms with Crippen LogP contribution in [0.4, 0.5) is 0 Å². The van der Waals surface area contributed by atoms with Crippen molar-refractivity contribution in [3.05, 3.63) is 77.7 Å². The second-order valence-corrected chi connectivity index (χ2v) is 4.85. The molecule has 2 aromatic heterocycles. The van der Waals surface area contributed by atoms with Crippen LogP contribution in [-0.4, -0.2) is 21.0 Å². The number of nitrogens with zero attached hydrogens (tertiary/aromatic N) is 4. The lowest BCUT2D eigenvalue weighted by Crippen LogP contribution is -2.15. The van der Waals surface area contributed by atoms with E-state index in [-0.39, 0.29) is 5.84 Å². The molecule has 3 rings (SSSR count). The lowest BCUT2D eigenvalue weighted by Gasteiger charge is -2.04. The van der Waals surface area contributed by atoms with Gasteiger partial charge in [-0.2, -0.15) is 0 Å². The van der Waals surface area contributed by atoms with Crippen LogP contribution in [-0.2, 0) is 0 Å². The Bertz CT molecular complexity index is 838. The first-order chi connectivity index (χ1) is 11.2. The summed E-state index contributed by atoms with van der Waals surface area (Å²) in [4.78, 5) is 12.6. The average Bonchev–Trinajstić information content (AvgIpc) is 3.01. The number of hydrogen-bond acceptors (Lipinski definition) is 5. The molecule has 23 heavy (non-hydrogen) atoms. The number of benzene rings is 1. The van der Waals surface area contributed by atoms with Crippen molar-refractivity contribution in [1.82, 2.24) is 15.1 Å². The highest BCUT2D eigenvalue weighted by Crippen LogP contribution is 2.20. The number of amidine groups is 1. The van der Waals surface area contributed by atoms with Crippen LogP contribution in [0.25, 0.3) is 11.8 Å². The standard InChI is InChI=1S/C17H15N5O/c1-12-9-14(23-22-12)10-15(13-5-3-2-4-6-13)21-17(18)16-11-19-7-8-20-16/h2-11H,1H3,(H2,18,21)/b15-10+. The smallest absolute Gasteiger partial charge is 0.162 e. The van der Waals surface area contributed by atoms with Crippen molar-refractivity contribution in [3.8, 4) is 0 Å². The Labute approximate surface area is 133 Å². The molecule has 0 fully saturated rings. The molecule has 0 aliphatic carbocycles. The maximum Gasteiger partial charge on any atom is 0.162 e. The molecule has 0 amide bonds. The summed E-state index contributed by atoms with van der Waals surface area (Å²) in [7, 11) is 0. The number of nitrogens with two attached hydrogens (primary N) is 1. The first kappa shape index (κ1) is 14.6. The van der Waals surface area contributed by atoms with E-state index in [0.717, 1.165) is 11.3 Å². The van der Waals surface area contributed by atoms with E-state index in [1.54, 1.807) is 24.7 Å². The van der Waals surface area contributed by atoms with Crippen LogP contribution in [0, 0.1) is 6.92 Å². The van der Waals surface area contributed by atoms with Crippen LogP contribution in [0.5, 0.6) is 0 Å². The first-order valence-corrected chi connectivity index (χ1v) is 7.03. The van der Waals surface area contributed by atoms with E-state index >= 15 is 0 Å². The number of aromatic nitrogens is 3. The number of aryl methyl sites for hydroxylation is 1. The van der Waals surface area contributed by atoms with Crippen LogP contribution in [0.3, 0.4) is 0 Å². The Kier molecular flexibility index (Phi) is 4.24.